The Labute approximate surface area is 119 Å². The predicted molar refractivity (Wildman–Crippen MR) is 82.1 cm³/mol. The Hall–Kier alpha value is -0.0300. The van der Waals surface area contributed by atoms with Gasteiger partial charge >= 0.3 is 0 Å². The van der Waals surface area contributed by atoms with Crippen LogP contribution in [-0.4, -0.2) is 31.9 Å². The lowest BCUT2D eigenvalue weighted by molar-refractivity contribution is 0.404. The Morgan fingerprint density at radius 3 is 2.65 bits per heavy atom. The molecule has 0 amide bonds. The number of benzene rings is 1. The molecule has 98 valence electrons. The fraction of sp³-hybridized carbons (Fsp3) is 0.500. The number of nitrogens with one attached hydrogen (secondary N) is 1. The summed E-state index contributed by atoms with van der Waals surface area (Å²) in [4.78, 5) is 1.19. The van der Waals surface area contributed by atoms with Crippen LogP contribution in [0.5, 0.6) is 5.75 Å². The maximum Gasteiger partial charge on any atom is 0.132 e. The highest BCUT2D eigenvalue weighted by Crippen LogP contribution is 2.28. The monoisotopic (exact) mass is 293 g/mol. The summed E-state index contributed by atoms with van der Waals surface area (Å²) in [6.45, 7) is 1.96. The molecular weight excluding hydrogens is 274 g/mol. The van der Waals surface area contributed by atoms with Crippen molar-refractivity contribution < 1.29 is 4.74 Å². The number of thioether (sulfide) groups is 2. The molecule has 1 aromatic rings. The van der Waals surface area contributed by atoms with Crippen molar-refractivity contribution in [2.75, 3.05) is 31.9 Å². The maximum atomic E-state index is 5.35. The molecule has 0 aliphatic carbocycles. The maximum absolute atomic E-state index is 5.35. The van der Waals surface area contributed by atoms with Crippen LogP contribution in [0.1, 0.15) is 5.56 Å². The molecule has 1 rings (SSSR count). The molecule has 0 saturated heterocycles. The first-order valence-electron chi connectivity index (χ1n) is 5.22. The van der Waals surface area contributed by atoms with Gasteiger partial charge in [-0.15, -0.1) is 24.2 Å². The Kier molecular flexibility index (Phi) is 9.93. The number of halogens is 1. The van der Waals surface area contributed by atoms with Gasteiger partial charge in [0.05, 0.1) is 7.11 Å². The van der Waals surface area contributed by atoms with E-state index in [1.54, 1.807) is 18.9 Å². The molecule has 0 atom stereocenters. The van der Waals surface area contributed by atoms with E-state index in [1.165, 1.54) is 10.5 Å². The van der Waals surface area contributed by atoms with Gasteiger partial charge < -0.3 is 10.1 Å². The van der Waals surface area contributed by atoms with Crippen LogP contribution in [0.15, 0.2) is 23.1 Å². The van der Waals surface area contributed by atoms with E-state index in [0.29, 0.717) is 0 Å². The van der Waals surface area contributed by atoms with Gasteiger partial charge in [-0.3, -0.25) is 0 Å². The fourth-order valence-electron chi connectivity index (χ4n) is 1.40. The molecular formula is C12H20ClNOS2. The standard InChI is InChI=1S/C12H19NOS2.ClH/c1-14-11-8-10(4-5-12(11)16-3)9-13-6-7-15-2;/h4-5,8,13H,6-7,9H2,1-3H3;1H. The fourth-order valence-corrected chi connectivity index (χ4v) is 2.29. The zero-order valence-electron chi connectivity index (χ0n) is 10.5. The van der Waals surface area contributed by atoms with Gasteiger partial charge in [0.25, 0.3) is 0 Å². The van der Waals surface area contributed by atoms with Gasteiger partial charge in [0, 0.05) is 23.7 Å². The molecule has 0 unspecified atom stereocenters. The van der Waals surface area contributed by atoms with E-state index in [2.05, 4.69) is 36.0 Å². The van der Waals surface area contributed by atoms with E-state index in [-0.39, 0.29) is 12.4 Å². The molecule has 1 aromatic carbocycles. The van der Waals surface area contributed by atoms with Crippen LogP contribution in [0.2, 0.25) is 0 Å². The third-order valence-electron chi connectivity index (χ3n) is 2.26. The van der Waals surface area contributed by atoms with E-state index in [1.807, 2.05) is 11.8 Å². The summed E-state index contributed by atoms with van der Waals surface area (Å²) < 4.78 is 5.35. The van der Waals surface area contributed by atoms with E-state index >= 15 is 0 Å². The third-order valence-corrected chi connectivity index (χ3v) is 3.65. The number of hydrogen-bond acceptors (Lipinski definition) is 4. The van der Waals surface area contributed by atoms with Crippen molar-refractivity contribution in [3.63, 3.8) is 0 Å². The molecule has 17 heavy (non-hydrogen) atoms. The van der Waals surface area contributed by atoms with Gasteiger partial charge in [-0.05, 0) is 30.2 Å². The minimum absolute atomic E-state index is 0. The van der Waals surface area contributed by atoms with Gasteiger partial charge in [0.2, 0.25) is 0 Å². The van der Waals surface area contributed by atoms with Crippen molar-refractivity contribution >= 4 is 35.9 Å². The molecule has 5 heteroatoms. The minimum atomic E-state index is 0. The first kappa shape index (κ1) is 17.0. The van der Waals surface area contributed by atoms with E-state index in [9.17, 15) is 0 Å². The zero-order valence-corrected chi connectivity index (χ0v) is 12.9. The predicted octanol–water partition coefficient (Wildman–Crippen LogP) is 3.29. The van der Waals surface area contributed by atoms with Gasteiger partial charge in [-0.25, -0.2) is 0 Å². The summed E-state index contributed by atoms with van der Waals surface area (Å²) in [6.07, 6.45) is 4.19. The summed E-state index contributed by atoms with van der Waals surface area (Å²) in [7, 11) is 1.72. The van der Waals surface area contributed by atoms with Crippen LogP contribution in [0.4, 0.5) is 0 Å². The highest BCUT2D eigenvalue weighted by Gasteiger charge is 2.02. The molecule has 0 fully saturated rings. The van der Waals surface area contributed by atoms with Crippen molar-refractivity contribution in [3.8, 4) is 5.75 Å². The molecule has 2 nitrogen and oxygen atoms in total. The minimum Gasteiger partial charge on any atom is -0.496 e. The first-order valence-corrected chi connectivity index (χ1v) is 7.84. The second-order valence-corrected chi connectivity index (χ2v) is 5.19. The van der Waals surface area contributed by atoms with Gasteiger partial charge in [0.15, 0.2) is 0 Å². The molecule has 0 radical (unpaired) electrons. The molecule has 0 aliphatic heterocycles. The number of methoxy groups -OCH3 is 1. The van der Waals surface area contributed by atoms with Crippen molar-refractivity contribution in [3.05, 3.63) is 23.8 Å². The lowest BCUT2D eigenvalue weighted by atomic mass is 10.2. The lowest BCUT2D eigenvalue weighted by Gasteiger charge is -2.09. The highest BCUT2D eigenvalue weighted by atomic mass is 35.5. The summed E-state index contributed by atoms with van der Waals surface area (Å²) in [5.74, 6) is 2.12. The van der Waals surface area contributed by atoms with Crippen molar-refractivity contribution in [1.29, 1.82) is 0 Å². The summed E-state index contributed by atoms with van der Waals surface area (Å²) in [5, 5.41) is 3.41. The number of hydrogen-bond donors (Lipinski definition) is 1. The average molecular weight is 294 g/mol. The average Bonchev–Trinajstić information content (AvgIpc) is 2.34. The van der Waals surface area contributed by atoms with Crippen molar-refractivity contribution in [1.82, 2.24) is 5.32 Å². The molecule has 0 spiro atoms. The number of ether oxygens (including phenoxy) is 1. The Morgan fingerprint density at radius 2 is 2.06 bits per heavy atom. The van der Waals surface area contributed by atoms with Crippen molar-refractivity contribution in [2.24, 2.45) is 0 Å². The topological polar surface area (TPSA) is 21.3 Å². The quantitative estimate of drug-likeness (QED) is 0.615. The Morgan fingerprint density at radius 1 is 1.29 bits per heavy atom. The van der Waals surface area contributed by atoms with E-state index < -0.39 is 0 Å². The highest BCUT2D eigenvalue weighted by molar-refractivity contribution is 7.98. The SMILES string of the molecule is COc1cc(CNCCSC)ccc1SC.Cl. The van der Waals surface area contributed by atoms with Gasteiger partial charge in [-0.1, -0.05) is 6.07 Å². The largest absolute Gasteiger partial charge is 0.496 e. The smallest absolute Gasteiger partial charge is 0.132 e. The first-order chi connectivity index (χ1) is 7.81. The van der Waals surface area contributed by atoms with Gasteiger partial charge in [-0.2, -0.15) is 11.8 Å². The summed E-state index contributed by atoms with van der Waals surface area (Å²) in [5.41, 5.74) is 1.27. The second kappa shape index (κ2) is 9.95. The van der Waals surface area contributed by atoms with Crippen LogP contribution >= 0.6 is 35.9 Å². The van der Waals surface area contributed by atoms with Crippen LogP contribution in [0, 0.1) is 0 Å². The van der Waals surface area contributed by atoms with Gasteiger partial charge in [0.1, 0.15) is 5.75 Å². The molecule has 1 N–H and O–H groups in total. The molecule has 0 heterocycles. The summed E-state index contributed by atoms with van der Waals surface area (Å²) >= 11 is 3.57. The molecule has 0 bridgehead atoms. The molecule has 0 saturated carbocycles. The third kappa shape index (κ3) is 5.91. The van der Waals surface area contributed by atoms with Crippen LogP contribution in [-0.2, 0) is 6.54 Å². The van der Waals surface area contributed by atoms with Crippen LogP contribution in [0.25, 0.3) is 0 Å². The summed E-state index contributed by atoms with van der Waals surface area (Å²) in [6, 6.07) is 6.38. The Balaban J connectivity index is 0.00000256. The lowest BCUT2D eigenvalue weighted by Crippen LogP contribution is -2.16. The molecule has 0 aliphatic rings. The normalized spacial score (nSPS) is 9.82. The number of rotatable bonds is 7. The van der Waals surface area contributed by atoms with Crippen molar-refractivity contribution in [2.45, 2.75) is 11.4 Å². The van der Waals surface area contributed by atoms with E-state index in [0.717, 1.165) is 24.6 Å². The Bertz CT molecular complexity index is 323. The second-order valence-electron chi connectivity index (χ2n) is 3.36. The van der Waals surface area contributed by atoms with E-state index in [4.69, 9.17) is 4.74 Å². The molecule has 0 aromatic heterocycles. The zero-order chi connectivity index (χ0) is 11.8. The van der Waals surface area contributed by atoms with Crippen LogP contribution < -0.4 is 10.1 Å². The van der Waals surface area contributed by atoms with Crippen LogP contribution in [0.3, 0.4) is 0 Å².